The summed E-state index contributed by atoms with van der Waals surface area (Å²) in [6.07, 6.45) is 0.271. The Morgan fingerprint density at radius 3 is 2.46 bits per heavy atom. The van der Waals surface area contributed by atoms with Crippen LogP contribution in [0, 0.1) is 13.8 Å². The van der Waals surface area contributed by atoms with E-state index in [-0.39, 0.29) is 0 Å². The number of hydrogen-bond acceptors (Lipinski definition) is 4. The molecule has 5 nitrogen and oxygen atoms in total. The Labute approximate surface area is 143 Å². The van der Waals surface area contributed by atoms with Gasteiger partial charge in [-0.25, -0.2) is 4.79 Å². The van der Waals surface area contributed by atoms with Crippen molar-refractivity contribution in [2.75, 3.05) is 6.61 Å². The fourth-order valence-electron chi connectivity index (χ4n) is 2.46. The average Bonchev–Trinajstić information content (AvgIpc) is 2.78. The molecule has 0 saturated heterocycles. The van der Waals surface area contributed by atoms with Crippen molar-refractivity contribution in [1.82, 2.24) is 9.78 Å². The number of nitrogens with zero attached hydrogens (tertiary/aromatic N) is 2. The van der Waals surface area contributed by atoms with E-state index in [1.165, 1.54) is 4.68 Å². The first kappa shape index (κ1) is 18.2. The highest BCUT2D eigenvalue weighted by Crippen LogP contribution is 2.16. The molecule has 24 heavy (non-hydrogen) atoms. The number of ether oxygens (including phenoxy) is 2. The van der Waals surface area contributed by atoms with Gasteiger partial charge in [-0.15, -0.1) is 0 Å². The second kappa shape index (κ2) is 7.62. The highest BCUT2D eigenvalue weighted by atomic mass is 16.6. The first-order valence-corrected chi connectivity index (χ1v) is 8.18. The van der Waals surface area contributed by atoms with Crippen LogP contribution in [-0.2, 0) is 22.5 Å². The van der Waals surface area contributed by atoms with Gasteiger partial charge >= 0.3 is 6.09 Å². The molecule has 0 bridgehead atoms. The Balaban J connectivity index is 1.95. The molecule has 1 aromatic carbocycles. The topological polar surface area (TPSA) is 53.4 Å². The molecule has 0 radical (unpaired) electrons. The summed E-state index contributed by atoms with van der Waals surface area (Å²) in [5, 5.41) is 4.32. The predicted octanol–water partition coefficient (Wildman–Crippen LogP) is 4.04. The van der Waals surface area contributed by atoms with E-state index in [4.69, 9.17) is 9.47 Å². The van der Waals surface area contributed by atoms with Gasteiger partial charge in [-0.05, 0) is 52.2 Å². The molecule has 2 rings (SSSR count). The van der Waals surface area contributed by atoms with E-state index in [1.54, 1.807) is 0 Å². The highest BCUT2D eigenvalue weighted by Gasteiger charge is 2.22. The van der Waals surface area contributed by atoms with Crippen LogP contribution in [-0.4, -0.2) is 28.1 Å². The lowest BCUT2D eigenvalue weighted by Gasteiger charge is -2.19. The molecule has 2 aromatic rings. The fraction of sp³-hybridized carbons (Fsp3) is 0.474. The van der Waals surface area contributed by atoms with Crippen molar-refractivity contribution < 1.29 is 14.3 Å². The molecule has 1 aromatic heterocycles. The Bertz CT molecular complexity index is 685. The first-order valence-electron chi connectivity index (χ1n) is 8.18. The summed E-state index contributed by atoms with van der Waals surface area (Å²) in [6.45, 7) is 10.5. The summed E-state index contributed by atoms with van der Waals surface area (Å²) in [4.78, 5) is 12.2. The molecule has 130 valence electrons. The number of rotatable bonds is 5. The van der Waals surface area contributed by atoms with E-state index >= 15 is 0 Å². The van der Waals surface area contributed by atoms with E-state index in [9.17, 15) is 4.79 Å². The molecule has 0 atom stereocenters. The van der Waals surface area contributed by atoms with Crippen molar-refractivity contribution in [3.05, 3.63) is 52.8 Å². The van der Waals surface area contributed by atoms with Gasteiger partial charge in [0.25, 0.3) is 0 Å². The van der Waals surface area contributed by atoms with Gasteiger partial charge in [0.05, 0.1) is 24.6 Å². The maximum atomic E-state index is 12.2. The van der Waals surface area contributed by atoms with Crippen LogP contribution in [0.2, 0.25) is 0 Å². The normalized spacial score (nSPS) is 11.5. The Kier molecular flexibility index (Phi) is 5.78. The van der Waals surface area contributed by atoms with Crippen LogP contribution in [0.5, 0.6) is 0 Å². The molecule has 0 amide bonds. The smallest absolute Gasteiger partial charge is 0.435 e. The Hall–Kier alpha value is -2.14. The van der Waals surface area contributed by atoms with Gasteiger partial charge in [-0.2, -0.15) is 9.78 Å². The van der Waals surface area contributed by atoms with Crippen LogP contribution in [0.4, 0.5) is 4.79 Å². The SMILES string of the molecule is Cc1nn(C(=O)OC(C)(C)C)c(C)c1CCOCc1ccccc1. The quantitative estimate of drug-likeness (QED) is 0.776. The largest absolute Gasteiger partial charge is 0.442 e. The van der Waals surface area contributed by atoms with Gasteiger partial charge in [-0.1, -0.05) is 30.3 Å². The molecule has 0 spiro atoms. The number of carbonyl (C=O) groups excluding carboxylic acids is 1. The van der Waals surface area contributed by atoms with E-state index < -0.39 is 11.7 Å². The average molecular weight is 330 g/mol. The van der Waals surface area contributed by atoms with Gasteiger partial charge in [0.15, 0.2) is 0 Å². The Morgan fingerprint density at radius 2 is 1.83 bits per heavy atom. The molecule has 0 aliphatic heterocycles. The van der Waals surface area contributed by atoms with E-state index in [0.29, 0.717) is 19.6 Å². The molecule has 1 heterocycles. The summed E-state index contributed by atoms with van der Waals surface area (Å²) in [7, 11) is 0. The lowest BCUT2D eigenvalue weighted by atomic mass is 10.1. The predicted molar refractivity (Wildman–Crippen MR) is 93.1 cm³/mol. The number of benzene rings is 1. The van der Waals surface area contributed by atoms with E-state index in [2.05, 4.69) is 5.10 Å². The molecule has 0 unspecified atom stereocenters. The Morgan fingerprint density at radius 1 is 1.17 bits per heavy atom. The van der Waals surface area contributed by atoms with Gasteiger partial charge in [0.1, 0.15) is 5.60 Å². The molecule has 0 fully saturated rings. The minimum atomic E-state index is -0.539. The van der Waals surface area contributed by atoms with E-state index in [0.717, 1.165) is 22.5 Å². The van der Waals surface area contributed by atoms with Crippen LogP contribution in [0.25, 0.3) is 0 Å². The van der Waals surface area contributed by atoms with Gasteiger partial charge in [0, 0.05) is 0 Å². The third-order valence-corrected chi connectivity index (χ3v) is 3.62. The summed E-state index contributed by atoms with van der Waals surface area (Å²) < 4.78 is 12.5. The van der Waals surface area contributed by atoms with Crippen molar-refractivity contribution >= 4 is 6.09 Å². The van der Waals surface area contributed by atoms with Crippen molar-refractivity contribution in [1.29, 1.82) is 0 Å². The fourth-order valence-corrected chi connectivity index (χ4v) is 2.46. The maximum Gasteiger partial charge on any atom is 0.435 e. The monoisotopic (exact) mass is 330 g/mol. The minimum Gasteiger partial charge on any atom is -0.442 e. The molecule has 0 aliphatic carbocycles. The maximum absolute atomic E-state index is 12.2. The van der Waals surface area contributed by atoms with Crippen LogP contribution >= 0.6 is 0 Å². The van der Waals surface area contributed by atoms with Crippen molar-refractivity contribution in [2.24, 2.45) is 0 Å². The second-order valence-corrected chi connectivity index (χ2v) is 6.83. The van der Waals surface area contributed by atoms with Gasteiger partial charge < -0.3 is 9.47 Å². The highest BCUT2D eigenvalue weighted by molar-refractivity contribution is 5.71. The van der Waals surface area contributed by atoms with Crippen molar-refractivity contribution in [3.63, 3.8) is 0 Å². The summed E-state index contributed by atoms with van der Waals surface area (Å²) in [5.74, 6) is 0. The van der Waals surface area contributed by atoms with E-state index in [1.807, 2.05) is 65.0 Å². The van der Waals surface area contributed by atoms with Crippen molar-refractivity contribution in [3.8, 4) is 0 Å². The van der Waals surface area contributed by atoms with Crippen molar-refractivity contribution in [2.45, 2.75) is 53.2 Å². The van der Waals surface area contributed by atoms with Crippen LogP contribution in [0.3, 0.4) is 0 Å². The summed E-state index contributed by atoms with van der Waals surface area (Å²) in [5.41, 5.74) is 3.29. The van der Waals surface area contributed by atoms with Gasteiger partial charge in [0.2, 0.25) is 0 Å². The molecular weight excluding hydrogens is 304 g/mol. The first-order chi connectivity index (χ1) is 11.3. The third-order valence-electron chi connectivity index (χ3n) is 3.62. The summed E-state index contributed by atoms with van der Waals surface area (Å²) >= 11 is 0. The zero-order valence-electron chi connectivity index (χ0n) is 15.1. The minimum absolute atomic E-state index is 0.445. The van der Waals surface area contributed by atoms with Crippen LogP contribution < -0.4 is 0 Å². The molecule has 0 N–H and O–H groups in total. The van der Waals surface area contributed by atoms with Crippen LogP contribution in [0.1, 0.15) is 43.3 Å². The number of aryl methyl sites for hydroxylation is 1. The standard InChI is InChI=1S/C19H26N2O3/c1-14-17(11-12-23-13-16-9-7-6-8-10-16)15(2)21(20-14)18(22)24-19(3,4)5/h6-10H,11-13H2,1-5H3. The third kappa shape index (κ3) is 4.93. The lowest BCUT2D eigenvalue weighted by Crippen LogP contribution is -2.28. The molecular formula is C19H26N2O3. The second-order valence-electron chi connectivity index (χ2n) is 6.83. The lowest BCUT2D eigenvalue weighted by molar-refractivity contribution is 0.0510. The number of carbonyl (C=O) groups is 1. The number of hydrogen-bond donors (Lipinski definition) is 0. The molecule has 0 aliphatic rings. The summed E-state index contributed by atoms with van der Waals surface area (Å²) in [6, 6.07) is 10.1. The number of aromatic nitrogens is 2. The zero-order chi connectivity index (χ0) is 17.7. The van der Waals surface area contributed by atoms with Gasteiger partial charge in [-0.3, -0.25) is 0 Å². The zero-order valence-corrected chi connectivity index (χ0v) is 15.1. The molecule has 5 heteroatoms. The molecule has 0 saturated carbocycles. The van der Waals surface area contributed by atoms with Crippen LogP contribution in [0.15, 0.2) is 30.3 Å².